The van der Waals surface area contributed by atoms with Gasteiger partial charge >= 0.3 is 11.8 Å². The lowest BCUT2D eigenvalue weighted by molar-refractivity contribution is -0.384. The fraction of sp³-hybridized carbons (Fsp3) is 0.250. The molecule has 1 aromatic heterocycles. The Morgan fingerprint density at radius 1 is 1.15 bits per heavy atom. The first-order valence-electron chi connectivity index (χ1n) is 8.02. The number of aromatic nitrogens is 2. The van der Waals surface area contributed by atoms with E-state index in [0.717, 1.165) is 6.07 Å². The molecule has 140 valence electrons. The van der Waals surface area contributed by atoms with Gasteiger partial charge < -0.3 is 15.1 Å². The number of carbonyl (C=O) groups excluding carboxylic acids is 2. The molecule has 1 N–H and O–H groups in total. The van der Waals surface area contributed by atoms with E-state index in [9.17, 15) is 19.7 Å². The molecule has 0 atom stereocenters. The molecule has 27 heavy (non-hydrogen) atoms. The van der Waals surface area contributed by atoms with Gasteiger partial charge in [0.05, 0.1) is 15.6 Å². The monoisotopic (exact) mass is 390 g/mol. The highest BCUT2D eigenvalue weighted by Crippen LogP contribution is 2.26. The van der Waals surface area contributed by atoms with E-state index in [1.807, 2.05) is 4.90 Å². The zero-order valence-corrected chi connectivity index (χ0v) is 14.8. The number of rotatable bonds is 3. The lowest BCUT2D eigenvalue weighted by Crippen LogP contribution is -2.52. The standard InChI is InChI=1S/C16H15ClN6O4/c17-12-3-2-11(23(26)27)10-13(12)20-14(24)15(25)21-6-8-22(9-7-21)16-18-4-1-5-19-16/h1-5,10H,6-9H2,(H,20,24). The molecule has 10 nitrogen and oxygen atoms in total. The number of anilines is 2. The van der Waals surface area contributed by atoms with Crippen molar-refractivity contribution >= 4 is 40.7 Å². The number of nitro benzene ring substituents is 1. The largest absolute Gasteiger partial charge is 0.337 e. The fourth-order valence-corrected chi connectivity index (χ4v) is 2.77. The number of nitrogens with one attached hydrogen (secondary N) is 1. The number of halogens is 1. The lowest BCUT2D eigenvalue weighted by atomic mass is 10.2. The Bertz CT molecular complexity index is 870. The molecule has 2 aromatic rings. The van der Waals surface area contributed by atoms with E-state index in [2.05, 4.69) is 15.3 Å². The van der Waals surface area contributed by atoms with Gasteiger partial charge in [0.15, 0.2) is 0 Å². The minimum absolute atomic E-state index is 0.0144. The summed E-state index contributed by atoms with van der Waals surface area (Å²) in [7, 11) is 0. The summed E-state index contributed by atoms with van der Waals surface area (Å²) in [6.45, 7) is 1.63. The summed E-state index contributed by atoms with van der Waals surface area (Å²) in [5, 5.41) is 13.3. The van der Waals surface area contributed by atoms with Gasteiger partial charge in [0.2, 0.25) is 5.95 Å². The summed E-state index contributed by atoms with van der Waals surface area (Å²) < 4.78 is 0. The maximum atomic E-state index is 12.4. The molecule has 0 aliphatic carbocycles. The second kappa shape index (κ2) is 7.96. The number of nitrogens with zero attached hydrogens (tertiary/aromatic N) is 5. The summed E-state index contributed by atoms with van der Waals surface area (Å²) >= 11 is 5.94. The van der Waals surface area contributed by atoms with Crippen molar-refractivity contribution in [1.82, 2.24) is 14.9 Å². The van der Waals surface area contributed by atoms with Gasteiger partial charge in [-0.2, -0.15) is 0 Å². The van der Waals surface area contributed by atoms with Crippen LogP contribution in [0.1, 0.15) is 0 Å². The van der Waals surface area contributed by atoms with Gasteiger partial charge in [0.25, 0.3) is 5.69 Å². The molecule has 2 heterocycles. The van der Waals surface area contributed by atoms with Crippen LogP contribution in [0.5, 0.6) is 0 Å². The van der Waals surface area contributed by atoms with Gasteiger partial charge in [-0.15, -0.1) is 0 Å². The van der Waals surface area contributed by atoms with Crippen molar-refractivity contribution in [2.75, 3.05) is 36.4 Å². The topological polar surface area (TPSA) is 122 Å². The summed E-state index contributed by atoms with van der Waals surface area (Å²) in [6, 6.07) is 5.33. The molecule has 2 amide bonds. The number of benzene rings is 1. The Kier molecular flexibility index (Phi) is 5.46. The number of piperazine rings is 1. The zero-order valence-electron chi connectivity index (χ0n) is 14.0. The number of hydrogen-bond acceptors (Lipinski definition) is 7. The van der Waals surface area contributed by atoms with Crippen LogP contribution >= 0.6 is 11.6 Å². The van der Waals surface area contributed by atoms with Crippen LogP contribution in [-0.2, 0) is 9.59 Å². The first-order valence-corrected chi connectivity index (χ1v) is 8.39. The third kappa shape index (κ3) is 4.29. The van der Waals surface area contributed by atoms with Crippen molar-refractivity contribution in [3.63, 3.8) is 0 Å². The first kappa shape index (κ1) is 18.5. The van der Waals surface area contributed by atoms with Crippen LogP contribution < -0.4 is 10.2 Å². The molecular weight excluding hydrogens is 376 g/mol. The molecular formula is C16H15ClN6O4. The molecule has 1 aliphatic heterocycles. The van der Waals surface area contributed by atoms with Crippen LogP contribution in [0.25, 0.3) is 0 Å². The van der Waals surface area contributed by atoms with Gasteiger partial charge in [0, 0.05) is 50.7 Å². The Labute approximate surface area is 158 Å². The van der Waals surface area contributed by atoms with Gasteiger partial charge in [-0.05, 0) is 12.1 Å². The molecule has 1 fully saturated rings. The third-order valence-electron chi connectivity index (χ3n) is 4.01. The normalized spacial score (nSPS) is 14.0. The predicted octanol–water partition coefficient (Wildman–Crippen LogP) is 1.33. The summed E-state index contributed by atoms with van der Waals surface area (Å²) in [6.07, 6.45) is 3.27. The lowest BCUT2D eigenvalue weighted by Gasteiger charge is -2.34. The highest BCUT2D eigenvalue weighted by atomic mass is 35.5. The molecule has 1 aliphatic rings. The number of amides is 2. The molecule has 0 saturated carbocycles. The van der Waals surface area contributed by atoms with Crippen LogP contribution in [0.15, 0.2) is 36.7 Å². The smallest absolute Gasteiger partial charge is 0.313 e. The summed E-state index contributed by atoms with van der Waals surface area (Å²) in [4.78, 5) is 46.5. The van der Waals surface area contributed by atoms with Crippen molar-refractivity contribution in [2.45, 2.75) is 0 Å². The number of non-ortho nitro benzene ring substituents is 1. The van der Waals surface area contributed by atoms with E-state index < -0.39 is 16.7 Å². The molecule has 1 saturated heterocycles. The average Bonchev–Trinajstić information content (AvgIpc) is 2.69. The van der Waals surface area contributed by atoms with Crippen LogP contribution in [-0.4, -0.2) is 57.8 Å². The van der Waals surface area contributed by atoms with Crippen LogP contribution in [0.2, 0.25) is 5.02 Å². The molecule has 3 rings (SSSR count). The molecule has 1 aromatic carbocycles. The molecule has 0 unspecified atom stereocenters. The molecule has 0 bridgehead atoms. The Balaban J connectivity index is 1.61. The van der Waals surface area contributed by atoms with Gasteiger partial charge in [-0.1, -0.05) is 11.6 Å². The fourth-order valence-electron chi connectivity index (χ4n) is 2.61. The van der Waals surface area contributed by atoms with E-state index >= 15 is 0 Å². The molecule has 0 radical (unpaired) electrons. The van der Waals surface area contributed by atoms with Gasteiger partial charge in [-0.25, -0.2) is 9.97 Å². The Morgan fingerprint density at radius 3 is 2.44 bits per heavy atom. The zero-order chi connectivity index (χ0) is 19.4. The summed E-state index contributed by atoms with van der Waals surface area (Å²) in [5.74, 6) is -1.06. The molecule has 0 spiro atoms. The maximum absolute atomic E-state index is 12.4. The van der Waals surface area contributed by atoms with Crippen molar-refractivity contribution < 1.29 is 14.5 Å². The minimum atomic E-state index is -0.901. The predicted molar refractivity (Wildman–Crippen MR) is 97.6 cm³/mol. The van der Waals surface area contributed by atoms with Crippen molar-refractivity contribution in [3.05, 3.63) is 51.8 Å². The van der Waals surface area contributed by atoms with Crippen molar-refractivity contribution in [1.29, 1.82) is 0 Å². The van der Waals surface area contributed by atoms with E-state index in [0.29, 0.717) is 32.1 Å². The number of nitro groups is 1. The van der Waals surface area contributed by atoms with Crippen molar-refractivity contribution in [2.24, 2.45) is 0 Å². The van der Waals surface area contributed by atoms with Gasteiger partial charge in [0.1, 0.15) is 0 Å². The van der Waals surface area contributed by atoms with Crippen LogP contribution in [0.3, 0.4) is 0 Å². The van der Waals surface area contributed by atoms with Crippen LogP contribution in [0.4, 0.5) is 17.3 Å². The van der Waals surface area contributed by atoms with E-state index in [1.165, 1.54) is 17.0 Å². The van der Waals surface area contributed by atoms with Crippen LogP contribution in [0, 0.1) is 10.1 Å². The second-order valence-electron chi connectivity index (χ2n) is 5.70. The average molecular weight is 391 g/mol. The second-order valence-corrected chi connectivity index (χ2v) is 6.11. The molecule has 11 heteroatoms. The summed E-state index contributed by atoms with van der Waals surface area (Å²) in [5.41, 5.74) is -0.223. The Morgan fingerprint density at radius 2 is 1.81 bits per heavy atom. The van der Waals surface area contributed by atoms with Gasteiger partial charge in [-0.3, -0.25) is 19.7 Å². The SMILES string of the molecule is O=C(Nc1cc([N+](=O)[O-])ccc1Cl)C(=O)N1CCN(c2ncccn2)CC1. The van der Waals surface area contributed by atoms with E-state index in [4.69, 9.17) is 11.6 Å². The van der Waals surface area contributed by atoms with Crippen molar-refractivity contribution in [3.8, 4) is 0 Å². The highest BCUT2D eigenvalue weighted by Gasteiger charge is 2.27. The van der Waals surface area contributed by atoms with E-state index in [-0.39, 0.29) is 16.4 Å². The maximum Gasteiger partial charge on any atom is 0.313 e. The number of carbonyl (C=O) groups is 2. The third-order valence-corrected chi connectivity index (χ3v) is 4.33. The first-order chi connectivity index (χ1) is 13.0. The van der Waals surface area contributed by atoms with E-state index in [1.54, 1.807) is 18.5 Å². The Hall–Kier alpha value is -3.27. The number of hydrogen-bond donors (Lipinski definition) is 1. The highest BCUT2D eigenvalue weighted by molar-refractivity contribution is 6.41. The quantitative estimate of drug-likeness (QED) is 0.476. The minimum Gasteiger partial charge on any atom is -0.337 e.